The van der Waals surface area contributed by atoms with Gasteiger partial charge in [0.25, 0.3) is 0 Å². The molecule has 0 atom stereocenters. The first-order chi connectivity index (χ1) is 25.1. The molecule has 2 aliphatic heterocycles. The van der Waals surface area contributed by atoms with Crippen LogP contribution in [0.4, 0.5) is 11.4 Å². The molecule has 0 aliphatic carbocycles. The minimum Gasteiger partial charge on any atom is -0.247 e. The Bertz CT molecular complexity index is 2790. The van der Waals surface area contributed by atoms with E-state index >= 15 is 0 Å². The van der Waals surface area contributed by atoms with Crippen LogP contribution in [-0.2, 0) is 10.8 Å². The maximum absolute atomic E-state index is 5.56. The molecule has 7 aromatic rings. The Hall–Kier alpha value is -6.07. The molecular formula is C47H39N5. The van der Waals surface area contributed by atoms with Crippen molar-refractivity contribution in [3.63, 3.8) is 0 Å². The van der Waals surface area contributed by atoms with Gasteiger partial charge in [-0.25, -0.2) is 9.98 Å². The highest BCUT2D eigenvalue weighted by Gasteiger charge is 2.39. The summed E-state index contributed by atoms with van der Waals surface area (Å²) >= 11 is 0. The fourth-order valence-corrected chi connectivity index (χ4v) is 8.25. The van der Waals surface area contributed by atoms with Crippen molar-refractivity contribution >= 4 is 11.4 Å². The SMILES string of the molecule is CC(C)(C)c1c(-c2ccccc2)c2c(c(-c3nnncc3-c3ccccc3-c3ccccc3)c1C(C)(C)C)-c1c3c(ccc1=N2)=c1ccccc1=N3. The molecule has 0 saturated heterocycles. The first kappa shape index (κ1) is 31.9. The Labute approximate surface area is 303 Å². The van der Waals surface area contributed by atoms with Gasteiger partial charge in [-0.15, -0.1) is 10.2 Å². The topological polar surface area (TPSA) is 63.4 Å². The lowest BCUT2D eigenvalue weighted by Crippen LogP contribution is -2.25. The molecule has 0 saturated carbocycles. The molecule has 0 N–H and O–H groups in total. The Morgan fingerprint density at radius 3 is 1.73 bits per heavy atom. The van der Waals surface area contributed by atoms with E-state index in [1.54, 1.807) is 0 Å². The number of fused-ring (bicyclic) bond motifs is 6. The summed E-state index contributed by atoms with van der Waals surface area (Å²) in [5.74, 6) is 0. The maximum Gasteiger partial charge on any atom is 0.105 e. The minimum atomic E-state index is -0.307. The number of para-hydroxylation sites is 1. The fourth-order valence-electron chi connectivity index (χ4n) is 8.25. The third-order valence-electron chi connectivity index (χ3n) is 10.3. The molecule has 0 bridgehead atoms. The lowest BCUT2D eigenvalue weighted by Gasteiger charge is -2.36. The molecule has 0 radical (unpaired) electrons. The molecule has 3 heterocycles. The van der Waals surface area contributed by atoms with Crippen LogP contribution < -0.4 is 10.7 Å². The predicted octanol–water partition coefficient (Wildman–Crippen LogP) is 10.6. The van der Waals surface area contributed by atoms with E-state index < -0.39 is 0 Å². The van der Waals surface area contributed by atoms with E-state index in [0.29, 0.717) is 0 Å². The zero-order valence-electron chi connectivity index (χ0n) is 30.4. The monoisotopic (exact) mass is 673 g/mol. The van der Waals surface area contributed by atoms with Gasteiger partial charge in [0, 0.05) is 38.3 Å². The van der Waals surface area contributed by atoms with Crippen molar-refractivity contribution in [1.82, 2.24) is 15.4 Å². The number of nitrogens with zero attached hydrogens (tertiary/aromatic N) is 5. The van der Waals surface area contributed by atoms with Crippen molar-refractivity contribution in [2.75, 3.05) is 0 Å². The summed E-state index contributed by atoms with van der Waals surface area (Å²) in [4.78, 5) is 10.9. The minimum absolute atomic E-state index is 0.257. The van der Waals surface area contributed by atoms with Gasteiger partial charge in [0.1, 0.15) is 5.69 Å². The Morgan fingerprint density at radius 2 is 1.02 bits per heavy atom. The quantitative estimate of drug-likeness (QED) is 0.187. The molecule has 252 valence electrons. The molecular weight excluding hydrogens is 635 g/mol. The van der Waals surface area contributed by atoms with E-state index in [2.05, 4.69) is 173 Å². The molecule has 5 heteroatoms. The summed E-state index contributed by atoms with van der Waals surface area (Å²) in [6.07, 6.45) is 1.88. The number of benzene rings is 6. The molecule has 2 aliphatic rings. The van der Waals surface area contributed by atoms with Crippen molar-refractivity contribution in [3.8, 4) is 55.8 Å². The first-order valence-corrected chi connectivity index (χ1v) is 18.0. The third kappa shape index (κ3) is 4.95. The van der Waals surface area contributed by atoms with Gasteiger partial charge in [-0.1, -0.05) is 145 Å². The largest absolute Gasteiger partial charge is 0.247 e. The third-order valence-corrected chi connectivity index (χ3v) is 10.3. The fraction of sp³-hybridized carbons (Fsp3) is 0.170. The second kappa shape index (κ2) is 11.7. The molecule has 0 fully saturated rings. The molecule has 0 unspecified atom stereocenters. The summed E-state index contributed by atoms with van der Waals surface area (Å²) in [5, 5.41) is 18.0. The molecule has 5 nitrogen and oxygen atoms in total. The van der Waals surface area contributed by atoms with Crippen molar-refractivity contribution in [2.24, 2.45) is 9.98 Å². The lowest BCUT2D eigenvalue weighted by molar-refractivity contribution is 0.533. The second-order valence-corrected chi connectivity index (χ2v) is 15.8. The zero-order valence-corrected chi connectivity index (χ0v) is 30.4. The zero-order chi connectivity index (χ0) is 35.8. The Kier molecular flexibility index (Phi) is 7.20. The van der Waals surface area contributed by atoms with Gasteiger partial charge in [-0.05, 0) is 67.6 Å². The summed E-state index contributed by atoms with van der Waals surface area (Å²) in [6.45, 7) is 13.9. The smallest absolute Gasteiger partial charge is 0.105 e. The second-order valence-electron chi connectivity index (χ2n) is 15.8. The van der Waals surface area contributed by atoms with Gasteiger partial charge >= 0.3 is 0 Å². The van der Waals surface area contributed by atoms with E-state index in [1.165, 1.54) is 11.1 Å². The normalized spacial score (nSPS) is 12.7. The van der Waals surface area contributed by atoms with Crippen LogP contribution >= 0.6 is 0 Å². The van der Waals surface area contributed by atoms with Crippen LogP contribution in [0.5, 0.6) is 0 Å². The van der Waals surface area contributed by atoms with Crippen LogP contribution in [0.1, 0.15) is 52.7 Å². The maximum atomic E-state index is 5.56. The van der Waals surface area contributed by atoms with E-state index in [-0.39, 0.29) is 10.8 Å². The summed E-state index contributed by atoms with van der Waals surface area (Å²) in [6, 6.07) is 42.6. The molecule has 52 heavy (non-hydrogen) atoms. The molecule has 1 aromatic heterocycles. The standard InChI is InChI=1S/C47H39N5/c1-46(2,3)41-37(29-19-11-8-12-20-29)45-39(38-36(50-45)26-25-33-32-23-15-16-24-35(32)49-43(33)38)40(42(41)47(4,5)6)44-34(27-48-52-51-44)31-22-14-13-21-30(31)28-17-9-7-10-18-28/h7-27H,1-6H3. The van der Waals surface area contributed by atoms with Gasteiger partial charge in [0.2, 0.25) is 0 Å². The average molecular weight is 674 g/mol. The first-order valence-electron chi connectivity index (χ1n) is 18.0. The predicted molar refractivity (Wildman–Crippen MR) is 210 cm³/mol. The van der Waals surface area contributed by atoms with E-state index in [4.69, 9.17) is 15.1 Å². The molecule has 6 aromatic carbocycles. The van der Waals surface area contributed by atoms with Crippen LogP contribution in [0.15, 0.2) is 138 Å². The van der Waals surface area contributed by atoms with Crippen LogP contribution in [0.2, 0.25) is 0 Å². The van der Waals surface area contributed by atoms with Crippen LogP contribution in [0.3, 0.4) is 0 Å². The van der Waals surface area contributed by atoms with Crippen molar-refractivity contribution in [1.29, 1.82) is 0 Å². The van der Waals surface area contributed by atoms with E-state index in [1.807, 2.05) is 6.20 Å². The van der Waals surface area contributed by atoms with Crippen molar-refractivity contribution in [2.45, 2.75) is 52.4 Å². The number of hydrogen-bond donors (Lipinski definition) is 0. The Morgan fingerprint density at radius 1 is 0.423 bits per heavy atom. The number of aromatic nitrogens is 3. The summed E-state index contributed by atoms with van der Waals surface area (Å²) in [7, 11) is 0. The highest BCUT2D eigenvalue weighted by Crippen LogP contribution is 2.58. The van der Waals surface area contributed by atoms with Gasteiger partial charge in [-0.3, -0.25) is 0 Å². The molecule has 0 spiro atoms. The van der Waals surface area contributed by atoms with Crippen molar-refractivity contribution in [3.05, 3.63) is 160 Å². The molecule has 9 rings (SSSR count). The Balaban J connectivity index is 1.50. The summed E-state index contributed by atoms with van der Waals surface area (Å²) < 4.78 is 0. The highest BCUT2D eigenvalue weighted by atomic mass is 15.3. The molecule has 0 amide bonds. The van der Waals surface area contributed by atoms with Crippen molar-refractivity contribution < 1.29 is 0 Å². The number of hydrogen-bond acceptors (Lipinski definition) is 5. The van der Waals surface area contributed by atoms with Gasteiger partial charge in [0.05, 0.1) is 28.3 Å². The number of rotatable bonds is 4. The van der Waals surface area contributed by atoms with Gasteiger partial charge in [0.15, 0.2) is 0 Å². The van der Waals surface area contributed by atoms with Gasteiger partial charge < -0.3 is 0 Å². The van der Waals surface area contributed by atoms with Crippen LogP contribution in [0, 0.1) is 10.4 Å². The van der Waals surface area contributed by atoms with Crippen LogP contribution in [-0.4, -0.2) is 15.4 Å². The lowest BCUT2D eigenvalue weighted by atomic mass is 9.67. The van der Waals surface area contributed by atoms with E-state index in [0.717, 1.165) is 88.3 Å². The van der Waals surface area contributed by atoms with Crippen LogP contribution in [0.25, 0.3) is 55.8 Å². The van der Waals surface area contributed by atoms with Gasteiger partial charge in [-0.2, -0.15) is 0 Å². The van der Waals surface area contributed by atoms with E-state index in [9.17, 15) is 0 Å². The average Bonchev–Trinajstić information content (AvgIpc) is 3.73. The highest BCUT2D eigenvalue weighted by molar-refractivity contribution is 6.07. The summed E-state index contributed by atoms with van der Waals surface area (Å²) in [5.41, 5.74) is 14.3.